The number of carboxylic acid groups (broad SMARTS) is 1. The number of amides is 1. The van der Waals surface area contributed by atoms with Crippen molar-refractivity contribution in [3.05, 3.63) is 17.5 Å². The van der Waals surface area contributed by atoms with Gasteiger partial charge in [-0.25, -0.2) is 4.79 Å². The highest BCUT2D eigenvalue weighted by Crippen LogP contribution is 2.26. The molecule has 2 aromatic rings. The smallest absolute Gasteiger partial charge is 0.411 e. The zero-order chi connectivity index (χ0) is 14.8. The number of carbonyl (C=O) groups is 1. The van der Waals surface area contributed by atoms with E-state index in [2.05, 4.69) is 15.3 Å². The molecule has 1 saturated heterocycles. The van der Waals surface area contributed by atoms with E-state index in [4.69, 9.17) is 16.3 Å². The molecular weight excluding hydrogens is 298 g/mol. The minimum atomic E-state index is -1.05. The van der Waals surface area contributed by atoms with Crippen LogP contribution in [0.4, 0.5) is 10.5 Å². The maximum Gasteiger partial charge on any atom is 0.411 e. The molecule has 3 heterocycles. The molecule has 1 N–H and O–H groups in total. The van der Waals surface area contributed by atoms with Crippen LogP contribution in [0, 0.1) is 5.92 Å². The van der Waals surface area contributed by atoms with Crippen molar-refractivity contribution in [3.63, 3.8) is 0 Å². The summed E-state index contributed by atoms with van der Waals surface area (Å²) in [5.74, 6) is 0.254. The Morgan fingerprint density at radius 3 is 3.00 bits per heavy atom. The summed E-state index contributed by atoms with van der Waals surface area (Å²) < 4.78 is 6.67. The summed E-state index contributed by atoms with van der Waals surface area (Å²) in [6.45, 7) is 1.70. The average Bonchev–Trinajstić information content (AvgIpc) is 2.93. The van der Waals surface area contributed by atoms with Crippen molar-refractivity contribution in [2.45, 2.75) is 12.8 Å². The minimum absolute atomic E-state index is 0.190. The van der Waals surface area contributed by atoms with Crippen molar-refractivity contribution in [3.8, 4) is 0 Å². The van der Waals surface area contributed by atoms with Gasteiger partial charge in [0.15, 0.2) is 5.15 Å². The SMILES string of the molecule is O=C(O)N(CC1CCOCC1)c1cc(Cl)nn2cnnc12. The topological polar surface area (TPSA) is 92.8 Å². The summed E-state index contributed by atoms with van der Waals surface area (Å²) in [6.07, 6.45) is 2.02. The van der Waals surface area contributed by atoms with Gasteiger partial charge in [0.25, 0.3) is 0 Å². The quantitative estimate of drug-likeness (QED) is 0.927. The standard InChI is InChI=1S/C12H14ClN5O3/c13-10-5-9(11-15-14-7-18(11)16-10)17(12(19)20)6-8-1-3-21-4-2-8/h5,7-8H,1-4,6H2,(H,19,20). The van der Waals surface area contributed by atoms with Gasteiger partial charge in [0.2, 0.25) is 5.65 Å². The van der Waals surface area contributed by atoms with E-state index in [1.807, 2.05) is 0 Å². The molecule has 3 rings (SSSR count). The molecule has 0 unspecified atom stereocenters. The molecule has 1 amide bonds. The molecule has 0 aliphatic carbocycles. The first kappa shape index (κ1) is 14.0. The number of nitrogens with zero attached hydrogens (tertiary/aromatic N) is 5. The number of aromatic nitrogens is 4. The Balaban J connectivity index is 1.95. The molecule has 112 valence electrons. The minimum Gasteiger partial charge on any atom is -0.465 e. The maximum atomic E-state index is 11.6. The molecule has 0 aromatic carbocycles. The van der Waals surface area contributed by atoms with Crippen LogP contribution in [0.5, 0.6) is 0 Å². The number of rotatable bonds is 3. The Morgan fingerprint density at radius 2 is 2.29 bits per heavy atom. The first-order chi connectivity index (χ1) is 10.1. The highest BCUT2D eigenvalue weighted by Gasteiger charge is 2.25. The molecular formula is C12H14ClN5O3. The molecule has 2 aromatic heterocycles. The predicted octanol–water partition coefficient (Wildman–Crippen LogP) is 1.69. The largest absolute Gasteiger partial charge is 0.465 e. The van der Waals surface area contributed by atoms with E-state index in [1.165, 1.54) is 21.8 Å². The van der Waals surface area contributed by atoms with Gasteiger partial charge in [0, 0.05) is 25.8 Å². The summed E-state index contributed by atoms with van der Waals surface area (Å²) in [5.41, 5.74) is 0.764. The van der Waals surface area contributed by atoms with E-state index in [0.717, 1.165) is 12.8 Å². The molecule has 0 saturated carbocycles. The van der Waals surface area contributed by atoms with Crippen LogP contribution in [0.3, 0.4) is 0 Å². The number of hydrogen-bond acceptors (Lipinski definition) is 5. The number of hydrogen-bond donors (Lipinski definition) is 1. The van der Waals surface area contributed by atoms with Gasteiger partial charge < -0.3 is 9.84 Å². The van der Waals surface area contributed by atoms with Crippen LogP contribution >= 0.6 is 11.6 Å². The van der Waals surface area contributed by atoms with Crippen molar-refractivity contribution in [1.82, 2.24) is 19.8 Å². The molecule has 1 fully saturated rings. The molecule has 0 bridgehead atoms. The summed E-state index contributed by atoms with van der Waals surface area (Å²) in [6, 6.07) is 1.50. The van der Waals surface area contributed by atoms with Gasteiger partial charge in [-0.3, -0.25) is 4.90 Å². The van der Waals surface area contributed by atoms with Crippen LogP contribution in [-0.2, 0) is 4.74 Å². The third-order valence-corrected chi connectivity index (χ3v) is 3.71. The number of fused-ring (bicyclic) bond motifs is 1. The van der Waals surface area contributed by atoms with Gasteiger partial charge in [-0.2, -0.15) is 9.61 Å². The summed E-state index contributed by atoms with van der Waals surface area (Å²) >= 11 is 5.95. The molecule has 21 heavy (non-hydrogen) atoms. The lowest BCUT2D eigenvalue weighted by Crippen LogP contribution is -2.36. The lowest BCUT2D eigenvalue weighted by molar-refractivity contribution is 0.0680. The normalized spacial score (nSPS) is 16.2. The predicted molar refractivity (Wildman–Crippen MR) is 74.7 cm³/mol. The van der Waals surface area contributed by atoms with Crippen LogP contribution < -0.4 is 4.90 Å². The van der Waals surface area contributed by atoms with Crippen LogP contribution in [0.15, 0.2) is 12.4 Å². The van der Waals surface area contributed by atoms with Crippen LogP contribution in [0.1, 0.15) is 12.8 Å². The molecule has 0 atom stereocenters. The third-order valence-electron chi connectivity index (χ3n) is 3.52. The highest BCUT2D eigenvalue weighted by atomic mass is 35.5. The first-order valence-corrected chi connectivity index (χ1v) is 6.97. The van der Waals surface area contributed by atoms with E-state index in [-0.39, 0.29) is 11.1 Å². The number of halogens is 1. The van der Waals surface area contributed by atoms with E-state index < -0.39 is 6.09 Å². The summed E-state index contributed by atoms with van der Waals surface area (Å²) in [4.78, 5) is 12.9. The highest BCUT2D eigenvalue weighted by molar-refractivity contribution is 6.29. The van der Waals surface area contributed by atoms with Crippen molar-refractivity contribution in [2.24, 2.45) is 5.92 Å². The van der Waals surface area contributed by atoms with Gasteiger partial charge in [0.05, 0.1) is 5.69 Å². The lowest BCUT2D eigenvalue weighted by Gasteiger charge is -2.28. The fourth-order valence-electron chi connectivity index (χ4n) is 2.45. The van der Waals surface area contributed by atoms with Crippen molar-refractivity contribution < 1.29 is 14.6 Å². The zero-order valence-electron chi connectivity index (χ0n) is 11.1. The molecule has 0 radical (unpaired) electrons. The van der Waals surface area contributed by atoms with Crippen molar-refractivity contribution in [2.75, 3.05) is 24.7 Å². The van der Waals surface area contributed by atoms with Gasteiger partial charge >= 0.3 is 6.09 Å². The monoisotopic (exact) mass is 311 g/mol. The van der Waals surface area contributed by atoms with Gasteiger partial charge in [-0.1, -0.05) is 11.6 Å². The molecule has 1 aliphatic heterocycles. The van der Waals surface area contributed by atoms with Gasteiger partial charge in [0.1, 0.15) is 6.33 Å². The van der Waals surface area contributed by atoms with Gasteiger partial charge in [-0.15, -0.1) is 10.2 Å². The lowest BCUT2D eigenvalue weighted by atomic mass is 10.00. The van der Waals surface area contributed by atoms with Crippen molar-refractivity contribution >= 4 is 29.0 Å². The number of anilines is 1. The van der Waals surface area contributed by atoms with Crippen LogP contribution in [0.25, 0.3) is 5.65 Å². The van der Waals surface area contributed by atoms with Crippen LogP contribution in [-0.4, -0.2) is 50.8 Å². The Bertz CT molecular complexity index is 655. The second-order valence-corrected chi connectivity index (χ2v) is 5.29. The van der Waals surface area contributed by atoms with Crippen LogP contribution in [0.2, 0.25) is 5.15 Å². The fraction of sp³-hybridized carbons (Fsp3) is 0.500. The van der Waals surface area contributed by atoms with E-state index in [1.54, 1.807) is 0 Å². The Labute approximate surface area is 125 Å². The molecule has 1 aliphatic rings. The second-order valence-electron chi connectivity index (χ2n) is 4.90. The zero-order valence-corrected chi connectivity index (χ0v) is 11.9. The van der Waals surface area contributed by atoms with Gasteiger partial charge in [-0.05, 0) is 18.8 Å². The maximum absolute atomic E-state index is 11.6. The second kappa shape index (κ2) is 5.82. The first-order valence-electron chi connectivity index (χ1n) is 6.60. The molecule has 9 heteroatoms. The average molecular weight is 312 g/mol. The number of ether oxygens (including phenoxy) is 1. The van der Waals surface area contributed by atoms with E-state index in [0.29, 0.717) is 31.1 Å². The summed E-state index contributed by atoms with van der Waals surface area (Å²) in [5, 5.41) is 21.4. The Morgan fingerprint density at radius 1 is 1.52 bits per heavy atom. The molecule has 0 spiro atoms. The van der Waals surface area contributed by atoms with E-state index >= 15 is 0 Å². The fourth-order valence-corrected chi connectivity index (χ4v) is 2.63. The van der Waals surface area contributed by atoms with E-state index in [9.17, 15) is 9.90 Å². The molecule has 8 nitrogen and oxygen atoms in total. The van der Waals surface area contributed by atoms with Crippen molar-refractivity contribution in [1.29, 1.82) is 0 Å². The Hall–Kier alpha value is -1.93. The third kappa shape index (κ3) is 2.91. The Kier molecular flexibility index (Phi) is 3.89. The summed E-state index contributed by atoms with van der Waals surface area (Å²) in [7, 11) is 0.